The fourth-order valence-corrected chi connectivity index (χ4v) is 1.98. The van der Waals surface area contributed by atoms with Crippen LogP contribution in [0.2, 0.25) is 0 Å². The Hall–Kier alpha value is -0.160. The van der Waals surface area contributed by atoms with Gasteiger partial charge in [-0.3, -0.25) is 0 Å². The topological polar surface area (TPSA) is 36.9 Å². The van der Waals surface area contributed by atoms with Crippen molar-refractivity contribution in [1.82, 2.24) is 0 Å². The van der Waals surface area contributed by atoms with E-state index in [4.69, 9.17) is 18.9 Å². The molecule has 0 bridgehead atoms. The molecule has 4 nitrogen and oxygen atoms in total. The minimum absolute atomic E-state index is 0.0168. The zero-order valence-corrected chi connectivity index (χ0v) is 10.1. The van der Waals surface area contributed by atoms with Gasteiger partial charge in [0.05, 0.1) is 12.7 Å². The molecule has 1 fully saturated rings. The second kappa shape index (κ2) is 6.43. The van der Waals surface area contributed by atoms with Gasteiger partial charge in [-0.2, -0.15) is 0 Å². The molecule has 4 heteroatoms. The summed E-state index contributed by atoms with van der Waals surface area (Å²) in [6.45, 7) is 5.41. The summed E-state index contributed by atoms with van der Waals surface area (Å²) in [7, 11) is 3.36. The van der Waals surface area contributed by atoms with Crippen LogP contribution in [0.4, 0.5) is 0 Å². The molecule has 0 aromatic rings. The molecule has 1 rings (SSSR count). The highest BCUT2D eigenvalue weighted by Gasteiger charge is 2.43. The number of rotatable bonds is 6. The van der Waals surface area contributed by atoms with Crippen LogP contribution in [0.25, 0.3) is 0 Å². The van der Waals surface area contributed by atoms with Gasteiger partial charge in [0.25, 0.3) is 0 Å². The zero-order chi connectivity index (χ0) is 11.3. The van der Waals surface area contributed by atoms with Crippen molar-refractivity contribution in [3.8, 4) is 0 Å². The lowest BCUT2D eigenvalue weighted by Gasteiger charge is -2.21. The first-order valence-corrected chi connectivity index (χ1v) is 5.53. The normalized spacial score (nSPS) is 36.0. The van der Waals surface area contributed by atoms with Gasteiger partial charge in [-0.1, -0.05) is 6.92 Å². The van der Waals surface area contributed by atoms with Gasteiger partial charge in [-0.05, 0) is 13.3 Å². The Balaban J connectivity index is 2.52. The molecule has 0 saturated carbocycles. The van der Waals surface area contributed by atoms with Crippen LogP contribution < -0.4 is 0 Å². The molecule has 1 heterocycles. The third-order valence-electron chi connectivity index (χ3n) is 2.66. The first-order valence-electron chi connectivity index (χ1n) is 5.53. The summed E-state index contributed by atoms with van der Waals surface area (Å²) >= 11 is 0. The van der Waals surface area contributed by atoms with E-state index in [2.05, 4.69) is 6.92 Å². The van der Waals surface area contributed by atoms with E-state index in [-0.39, 0.29) is 24.4 Å². The molecule has 1 saturated heterocycles. The van der Waals surface area contributed by atoms with Crippen molar-refractivity contribution >= 4 is 0 Å². The molecule has 0 aromatic heterocycles. The highest BCUT2D eigenvalue weighted by molar-refractivity contribution is 4.90. The lowest BCUT2D eigenvalue weighted by atomic mass is 10.1. The Kier molecular flexibility index (Phi) is 5.53. The molecule has 0 N–H and O–H groups in total. The minimum Gasteiger partial charge on any atom is -0.382 e. The van der Waals surface area contributed by atoms with E-state index in [9.17, 15) is 0 Å². The second-order valence-corrected chi connectivity index (χ2v) is 3.87. The standard InChI is InChI=1S/C11H22O4/c1-5-6-14-10-8(2)15-9(7-12-3)11(10)13-4/h8-11H,5-7H2,1-4H3/t8-,9+,10?,11-/m0/s1. The van der Waals surface area contributed by atoms with Crippen molar-refractivity contribution in [1.29, 1.82) is 0 Å². The summed E-state index contributed by atoms with van der Waals surface area (Å²) in [5, 5.41) is 0. The summed E-state index contributed by atoms with van der Waals surface area (Å²) in [6, 6.07) is 0. The first kappa shape index (κ1) is 12.9. The van der Waals surface area contributed by atoms with Crippen LogP contribution in [0.3, 0.4) is 0 Å². The molecule has 0 spiro atoms. The Morgan fingerprint density at radius 1 is 1.20 bits per heavy atom. The monoisotopic (exact) mass is 218 g/mol. The zero-order valence-electron chi connectivity index (χ0n) is 10.1. The quantitative estimate of drug-likeness (QED) is 0.672. The number of ether oxygens (including phenoxy) is 4. The maximum absolute atomic E-state index is 5.74. The number of methoxy groups -OCH3 is 2. The first-order chi connectivity index (χ1) is 7.24. The largest absolute Gasteiger partial charge is 0.382 e. The van der Waals surface area contributed by atoms with Crippen molar-refractivity contribution in [2.75, 3.05) is 27.4 Å². The third kappa shape index (κ3) is 3.14. The molecule has 0 aromatic carbocycles. The van der Waals surface area contributed by atoms with E-state index in [0.717, 1.165) is 13.0 Å². The molecular formula is C11H22O4. The van der Waals surface area contributed by atoms with Gasteiger partial charge in [0.15, 0.2) is 0 Å². The van der Waals surface area contributed by atoms with E-state index in [1.54, 1.807) is 14.2 Å². The molecule has 1 aliphatic heterocycles. The molecular weight excluding hydrogens is 196 g/mol. The van der Waals surface area contributed by atoms with Gasteiger partial charge in [0.2, 0.25) is 0 Å². The van der Waals surface area contributed by atoms with Crippen molar-refractivity contribution in [2.24, 2.45) is 0 Å². The van der Waals surface area contributed by atoms with E-state index in [1.165, 1.54) is 0 Å². The molecule has 15 heavy (non-hydrogen) atoms. The van der Waals surface area contributed by atoms with Crippen LogP contribution in [0.15, 0.2) is 0 Å². The van der Waals surface area contributed by atoms with Crippen molar-refractivity contribution in [3.63, 3.8) is 0 Å². The number of hydrogen-bond acceptors (Lipinski definition) is 4. The highest BCUT2D eigenvalue weighted by Crippen LogP contribution is 2.26. The Bertz CT molecular complexity index is 174. The van der Waals surface area contributed by atoms with Crippen LogP contribution in [0.5, 0.6) is 0 Å². The van der Waals surface area contributed by atoms with E-state index >= 15 is 0 Å². The summed E-state index contributed by atoms with van der Waals surface area (Å²) in [6.07, 6.45) is 1.06. The predicted molar refractivity (Wildman–Crippen MR) is 57.0 cm³/mol. The lowest BCUT2D eigenvalue weighted by Crippen LogP contribution is -2.37. The minimum atomic E-state index is -0.0218. The van der Waals surface area contributed by atoms with Gasteiger partial charge in [-0.15, -0.1) is 0 Å². The van der Waals surface area contributed by atoms with Crippen LogP contribution in [-0.2, 0) is 18.9 Å². The molecule has 1 unspecified atom stereocenters. The molecule has 1 aliphatic rings. The summed E-state index contributed by atoms with van der Waals surface area (Å²) in [5.74, 6) is 0. The Morgan fingerprint density at radius 2 is 1.93 bits per heavy atom. The maximum Gasteiger partial charge on any atom is 0.114 e. The highest BCUT2D eigenvalue weighted by atomic mass is 16.6. The molecule has 4 atom stereocenters. The maximum atomic E-state index is 5.74. The lowest BCUT2D eigenvalue weighted by molar-refractivity contribution is -0.0558. The number of hydrogen-bond donors (Lipinski definition) is 0. The Labute approximate surface area is 91.8 Å². The van der Waals surface area contributed by atoms with Crippen LogP contribution in [0, 0.1) is 0 Å². The van der Waals surface area contributed by atoms with E-state index in [0.29, 0.717) is 6.61 Å². The average molecular weight is 218 g/mol. The van der Waals surface area contributed by atoms with Crippen LogP contribution >= 0.6 is 0 Å². The van der Waals surface area contributed by atoms with Crippen molar-refractivity contribution in [3.05, 3.63) is 0 Å². The fraction of sp³-hybridized carbons (Fsp3) is 1.00. The van der Waals surface area contributed by atoms with Crippen LogP contribution in [-0.4, -0.2) is 51.8 Å². The molecule has 90 valence electrons. The molecule has 0 radical (unpaired) electrons. The summed E-state index contributed by atoms with van der Waals surface area (Å²) < 4.78 is 22.0. The molecule has 0 amide bonds. The molecule has 0 aliphatic carbocycles. The SMILES string of the molecule is CCCOC1[C@H](C)O[C@H](COC)[C@@H]1OC. The average Bonchev–Trinajstić information content (AvgIpc) is 2.52. The fourth-order valence-electron chi connectivity index (χ4n) is 1.98. The summed E-state index contributed by atoms with van der Waals surface area (Å²) in [5.41, 5.74) is 0. The van der Waals surface area contributed by atoms with Gasteiger partial charge in [-0.25, -0.2) is 0 Å². The smallest absolute Gasteiger partial charge is 0.114 e. The van der Waals surface area contributed by atoms with Crippen molar-refractivity contribution in [2.45, 2.75) is 44.7 Å². The summed E-state index contributed by atoms with van der Waals surface area (Å²) in [4.78, 5) is 0. The predicted octanol–water partition coefficient (Wildman–Crippen LogP) is 1.23. The van der Waals surface area contributed by atoms with Crippen LogP contribution in [0.1, 0.15) is 20.3 Å². The van der Waals surface area contributed by atoms with Crippen molar-refractivity contribution < 1.29 is 18.9 Å². The van der Waals surface area contributed by atoms with Gasteiger partial charge >= 0.3 is 0 Å². The van der Waals surface area contributed by atoms with Gasteiger partial charge in [0, 0.05) is 20.8 Å². The third-order valence-corrected chi connectivity index (χ3v) is 2.66. The Morgan fingerprint density at radius 3 is 2.47 bits per heavy atom. The van der Waals surface area contributed by atoms with Gasteiger partial charge < -0.3 is 18.9 Å². The van der Waals surface area contributed by atoms with Gasteiger partial charge in [0.1, 0.15) is 18.3 Å². The second-order valence-electron chi connectivity index (χ2n) is 3.87. The van der Waals surface area contributed by atoms with E-state index < -0.39 is 0 Å². The van der Waals surface area contributed by atoms with E-state index in [1.807, 2.05) is 6.92 Å².